The van der Waals surface area contributed by atoms with E-state index in [2.05, 4.69) is 20.1 Å². The molecule has 0 fully saturated rings. The molecule has 0 saturated heterocycles. The van der Waals surface area contributed by atoms with Crippen LogP contribution >= 0.6 is 0 Å². The van der Waals surface area contributed by atoms with Crippen molar-refractivity contribution in [3.8, 4) is 17.2 Å². The third-order valence-electron chi connectivity index (χ3n) is 4.07. The molecule has 8 heteroatoms. The quantitative estimate of drug-likeness (QED) is 0.723. The second-order valence-corrected chi connectivity index (χ2v) is 5.60. The summed E-state index contributed by atoms with van der Waals surface area (Å²) in [6.07, 6.45) is 4.76. The Kier molecular flexibility index (Phi) is 3.64. The Bertz CT molecular complexity index is 951. The average molecular weight is 336 g/mol. The molecule has 0 aliphatic heterocycles. The van der Waals surface area contributed by atoms with Crippen molar-refractivity contribution in [2.75, 3.05) is 12.3 Å². The first kappa shape index (κ1) is 15.3. The summed E-state index contributed by atoms with van der Waals surface area (Å²) in [7, 11) is 0. The molecule has 0 unspecified atom stereocenters. The molecule has 0 radical (unpaired) electrons. The fraction of sp³-hybridized carbons (Fsp3) is 0.235. The summed E-state index contributed by atoms with van der Waals surface area (Å²) in [5, 5.41) is 4.49. The minimum atomic E-state index is -0.445. The van der Waals surface area contributed by atoms with Crippen molar-refractivity contribution in [3.05, 3.63) is 47.4 Å². The fourth-order valence-electron chi connectivity index (χ4n) is 3.01. The van der Waals surface area contributed by atoms with Gasteiger partial charge >= 0.3 is 5.97 Å². The Hall–Kier alpha value is -3.29. The number of aromatic nitrogens is 5. The summed E-state index contributed by atoms with van der Waals surface area (Å²) in [6.45, 7) is 2.05. The summed E-state index contributed by atoms with van der Waals surface area (Å²) >= 11 is 0. The SMILES string of the molecule is CCOC(=O)c1nn(-c2ccccn2)c2c1CCc1cnc(N)nc1-2. The molecule has 8 nitrogen and oxygen atoms in total. The van der Waals surface area contributed by atoms with Crippen LogP contribution in [0.5, 0.6) is 0 Å². The van der Waals surface area contributed by atoms with Gasteiger partial charge in [-0.05, 0) is 37.5 Å². The number of aryl methyl sites for hydroxylation is 1. The minimum Gasteiger partial charge on any atom is -0.461 e. The molecule has 3 heterocycles. The highest BCUT2D eigenvalue weighted by Crippen LogP contribution is 2.35. The van der Waals surface area contributed by atoms with Crippen molar-refractivity contribution in [1.29, 1.82) is 0 Å². The first-order valence-electron chi connectivity index (χ1n) is 8.01. The van der Waals surface area contributed by atoms with Crippen LogP contribution in [-0.4, -0.2) is 37.3 Å². The maximum Gasteiger partial charge on any atom is 0.359 e. The third-order valence-corrected chi connectivity index (χ3v) is 4.07. The van der Waals surface area contributed by atoms with Crippen LogP contribution in [0.25, 0.3) is 17.2 Å². The van der Waals surface area contributed by atoms with Gasteiger partial charge in [0.2, 0.25) is 5.95 Å². The molecule has 0 aromatic carbocycles. The molecular formula is C17H16N6O2. The van der Waals surface area contributed by atoms with Crippen molar-refractivity contribution in [2.45, 2.75) is 19.8 Å². The van der Waals surface area contributed by atoms with Crippen molar-refractivity contribution in [3.63, 3.8) is 0 Å². The van der Waals surface area contributed by atoms with Gasteiger partial charge < -0.3 is 10.5 Å². The standard InChI is InChI=1S/C17H16N6O2/c1-2-25-16(24)14-11-7-6-10-9-20-17(18)21-13(10)15(11)23(22-14)12-5-3-4-8-19-12/h3-5,8-9H,2,6-7H2,1H3,(H2,18,20,21). The Balaban J connectivity index is 1.98. The maximum absolute atomic E-state index is 12.4. The number of pyridine rings is 1. The largest absolute Gasteiger partial charge is 0.461 e. The van der Waals surface area contributed by atoms with Crippen LogP contribution in [0, 0.1) is 0 Å². The van der Waals surface area contributed by atoms with Crippen molar-refractivity contribution in [1.82, 2.24) is 24.7 Å². The molecule has 0 amide bonds. The first-order valence-corrected chi connectivity index (χ1v) is 8.01. The second-order valence-electron chi connectivity index (χ2n) is 5.60. The Morgan fingerprint density at radius 2 is 2.20 bits per heavy atom. The molecule has 3 aromatic rings. The summed E-state index contributed by atoms with van der Waals surface area (Å²) in [5.41, 5.74) is 9.25. The first-order chi connectivity index (χ1) is 12.2. The van der Waals surface area contributed by atoms with E-state index in [-0.39, 0.29) is 12.6 Å². The number of rotatable bonds is 3. The van der Waals surface area contributed by atoms with Crippen LogP contribution in [0.1, 0.15) is 28.5 Å². The number of anilines is 1. The molecular weight excluding hydrogens is 320 g/mol. The normalized spacial score (nSPS) is 12.4. The molecule has 0 bridgehead atoms. The van der Waals surface area contributed by atoms with Crippen LogP contribution in [0.2, 0.25) is 0 Å². The predicted molar refractivity (Wildman–Crippen MR) is 90.2 cm³/mol. The van der Waals surface area contributed by atoms with E-state index in [1.165, 1.54) is 0 Å². The molecule has 4 rings (SSSR count). The topological polar surface area (TPSA) is 109 Å². The monoisotopic (exact) mass is 336 g/mol. The van der Waals surface area contributed by atoms with E-state index in [0.717, 1.165) is 16.8 Å². The van der Waals surface area contributed by atoms with Gasteiger partial charge in [0, 0.05) is 18.0 Å². The molecule has 0 atom stereocenters. The van der Waals surface area contributed by atoms with Gasteiger partial charge in [-0.1, -0.05) is 6.07 Å². The van der Waals surface area contributed by atoms with Crippen LogP contribution in [-0.2, 0) is 17.6 Å². The molecule has 25 heavy (non-hydrogen) atoms. The highest BCUT2D eigenvalue weighted by molar-refractivity contribution is 5.92. The lowest BCUT2D eigenvalue weighted by atomic mass is 9.93. The molecule has 1 aliphatic rings. The van der Waals surface area contributed by atoms with E-state index in [4.69, 9.17) is 10.5 Å². The number of hydrogen-bond donors (Lipinski definition) is 1. The van der Waals surface area contributed by atoms with E-state index in [1.807, 2.05) is 18.2 Å². The van der Waals surface area contributed by atoms with Gasteiger partial charge in [0.05, 0.1) is 18.0 Å². The van der Waals surface area contributed by atoms with Gasteiger partial charge in [-0.25, -0.2) is 24.4 Å². The zero-order valence-electron chi connectivity index (χ0n) is 13.6. The number of ether oxygens (including phenoxy) is 1. The summed E-state index contributed by atoms with van der Waals surface area (Å²) in [4.78, 5) is 25.2. The zero-order chi connectivity index (χ0) is 17.4. The predicted octanol–water partition coefficient (Wildman–Crippen LogP) is 1.58. The number of esters is 1. The number of hydrogen-bond acceptors (Lipinski definition) is 7. The summed E-state index contributed by atoms with van der Waals surface area (Å²) in [5.74, 6) is 0.330. The van der Waals surface area contributed by atoms with E-state index in [9.17, 15) is 4.79 Å². The Labute approximate surface area is 143 Å². The van der Waals surface area contributed by atoms with Gasteiger partial charge in [-0.2, -0.15) is 5.10 Å². The summed E-state index contributed by atoms with van der Waals surface area (Å²) < 4.78 is 6.79. The number of carbonyl (C=O) groups excluding carboxylic acids is 1. The molecule has 0 saturated carbocycles. The summed E-state index contributed by atoms with van der Waals surface area (Å²) in [6, 6.07) is 5.50. The number of carbonyl (C=O) groups is 1. The molecule has 2 N–H and O–H groups in total. The van der Waals surface area contributed by atoms with Crippen molar-refractivity contribution >= 4 is 11.9 Å². The van der Waals surface area contributed by atoms with E-state index in [1.54, 1.807) is 24.0 Å². The molecule has 126 valence electrons. The van der Waals surface area contributed by atoms with Crippen LogP contribution < -0.4 is 5.73 Å². The third kappa shape index (κ3) is 2.51. The lowest BCUT2D eigenvalue weighted by Gasteiger charge is -2.17. The van der Waals surface area contributed by atoms with Gasteiger partial charge in [0.15, 0.2) is 11.5 Å². The highest BCUT2D eigenvalue weighted by atomic mass is 16.5. The number of nitrogens with two attached hydrogens (primary N) is 1. The minimum absolute atomic E-state index is 0.179. The fourth-order valence-corrected chi connectivity index (χ4v) is 3.01. The second kappa shape index (κ2) is 5.97. The average Bonchev–Trinajstić information content (AvgIpc) is 3.03. The zero-order valence-corrected chi connectivity index (χ0v) is 13.6. The molecule has 0 spiro atoms. The van der Waals surface area contributed by atoms with Crippen molar-refractivity contribution < 1.29 is 9.53 Å². The Morgan fingerprint density at radius 1 is 1.32 bits per heavy atom. The van der Waals surface area contributed by atoms with Gasteiger partial charge in [0.1, 0.15) is 0 Å². The van der Waals surface area contributed by atoms with Gasteiger partial charge in [-0.15, -0.1) is 0 Å². The van der Waals surface area contributed by atoms with E-state index in [0.29, 0.717) is 30.0 Å². The number of nitrogens with zero attached hydrogens (tertiary/aromatic N) is 5. The molecule has 3 aromatic heterocycles. The molecule has 1 aliphatic carbocycles. The van der Waals surface area contributed by atoms with Crippen LogP contribution in [0.15, 0.2) is 30.6 Å². The lowest BCUT2D eigenvalue weighted by Crippen LogP contribution is -2.13. The number of nitrogen functional groups attached to an aromatic ring is 1. The van der Waals surface area contributed by atoms with Crippen molar-refractivity contribution in [2.24, 2.45) is 0 Å². The maximum atomic E-state index is 12.4. The highest BCUT2D eigenvalue weighted by Gasteiger charge is 2.31. The van der Waals surface area contributed by atoms with E-state index < -0.39 is 5.97 Å². The Morgan fingerprint density at radius 3 is 2.96 bits per heavy atom. The van der Waals surface area contributed by atoms with Crippen LogP contribution in [0.3, 0.4) is 0 Å². The number of fused-ring (bicyclic) bond motifs is 3. The van der Waals surface area contributed by atoms with Gasteiger partial charge in [-0.3, -0.25) is 0 Å². The lowest BCUT2D eigenvalue weighted by molar-refractivity contribution is 0.0517. The smallest absolute Gasteiger partial charge is 0.359 e. The van der Waals surface area contributed by atoms with E-state index >= 15 is 0 Å². The van der Waals surface area contributed by atoms with Crippen LogP contribution in [0.4, 0.5) is 5.95 Å². The van der Waals surface area contributed by atoms with Gasteiger partial charge in [0.25, 0.3) is 0 Å².